The fourth-order valence-corrected chi connectivity index (χ4v) is 4.82. The summed E-state index contributed by atoms with van der Waals surface area (Å²) < 4.78 is 11.4. The molecule has 1 aliphatic carbocycles. The van der Waals surface area contributed by atoms with Crippen LogP contribution in [-0.4, -0.2) is 47.0 Å². The molecule has 1 amide bonds. The Balaban J connectivity index is 1.05. The topological polar surface area (TPSA) is 95.8 Å². The summed E-state index contributed by atoms with van der Waals surface area (Å²) in [5.41, 5.74) is 2.67. The van der Waals surface area contributed by atoms with E-state index >= 15 is 0 Å². The summed E-state index contributed by atoms with van der Waals surface area (Å²) in [5, 5.41) is 8.40. The van der Waals surface area contributed by atoms with Crippen LogP contribution in [0.5, 0.6) is 0 Å². The number of rotatable bonds is 9. The summed E-state index contributed by atoms with van der Waals surface area (Å²) in [7, 11) is 0. The number of nitrogens with zero attached hydrogens (tertiary/aromatic N) is 4. The third-order valence-corrected chi connectivity index (χ3v) is 7.03. The van der Waals surface area contributed by atoms with Gasteiger partial charge in [0.2, 0.25) is 0 Å². The average molecular weight is 549 g/mol. The van der Waals surface area contributed by atoms with Gasteiger partial charge in [-0.05, 0) is 91.3 Å². The smallest absolute Gasteiger partial charge is 0.418 e. The zero-order valence-electron chi connectivity index (χ0n) is 21.3. The maximum atomic E-state index is 13.1. The molecule has 10 heteroatoms. The Morgan fingerprint density at radius 2 is 1.49 bits per heavy atom. The highest BCUT2D eigenvalue weighted by Crippen LogP contribution is 2.31. The molecule has 1 fully saturated rings. The third-order valence-electron chi connectivity index (χ3n) is 6.77. The number of benzene rings is 3. The highest BCUT2D eigenvalue weighted by Gasteiger charge is 2.25. The van der Waals surface area contributed by atoms with Gasteiger partial charge in [0.25, 0.3) is 0 Å². The van der Waals surface area contributed by atoms with Gasteiger partial charge in [-0.15, -0.1) is 5.10 Å². The summed E-state index contributed by atoms with van der Waals surface area (Å²) in [6.07, 6.45) is 3.29. The summed E-state index contributed by atoms with van der Waals surface area (Å²) in [4.78, 5) is 33.2. The fourth-order valence-electron chi connectivity index (χ4n) is 4.69. The zero-order chi connectivity index (χ0) is 27.0. The van der Waals surface area contributed by atoms with Crippen molar-refractivity contribution in [3.8, 4) is 0 Å². The molecule has 0 unspecified atom stereocenters. The number of hydrogen-bond donors (Lipinski definition) is 0. The first-order valence-electron chi connectivity index (χ1n) is 12.9. The first kappa shape index (κ1) is 26.6. The predicted molar refractivity (Wildman–Crippen MR) is 147 cm³/mol. The third kappa shape index (κ3) is 6.93. The van der Waals surface area contributed by atoms with Gasteiger partial charge in [0.05, 0.1) is 24.6 Å². The van der Waals surface area contributed by atoms with E-state index in [2.05, 4.69) is 10.3 Å². The molecule has 1 heterocycles. The highest BCUT2D eigenvalue weighted by atomic mass is 35.5. The fraction of sp³-hybridized carbons (Fsp3) is 0.310. The molecule has 0 saturated heterocycles. The molecule has 39 heavy (non-hydrogen) atoms. The molecule has 0 N–H and O–H groups in total. The number of aromatic nitrogens is 3. The summed E-state index contributed by atoms with van der Waals surface area (Å²) in [6, 6.07) is 23.7. The van der Waals surface area contributed by atoms with E-state index in [1.165, 1.54) is 0 Å². The minimum atomic E-state index is -0.532. The number of carbonyl (C=O) groups is 2. The van der Waals surface area contributed by atoms with E-state index in [1.807, 2.05) is 42.5 Å². The predicted octanol–water partition coefficient (Wildman–Crippen LogP) is 5.84. The number of fused-ring (bicyclic) bond motifs is 1. The maximum Gasteiger partial charge on any atom is 0.418 e. The number of amides is 1. The quantitative estimate of drug-likeness (QED) is 0.242. The first-order valence-corrected chi connectivity index (χ1v) is 13.3. The molecule has 0 aliphatic heterocycles. The lowest BCUT2D eigenvalue weighted by Gasteiger charge is -2.29. The molecular formula is C29H29ClN4O5. The Morgan fingerprint density at radius 1 is 0.846 bits per heavy atom. The van der Waals surface area contributed by atoms with Crippen molar-refractivity contribution >= 4 is 46.1 Å². The maximum absolute atomic E-state index is 13.1. The van der Waals surface area contributed by atoms with Gasteiger partial charge in [0, 0.05) is 5.02 Å². The number of halogens is 1. The van der Waals surface area contributed by atoms with Gasteiger partial charge < -0.3 is 14.3 Å². The van der Waals surface area contributed by atoms with Crippen molar-refractivity contribution in [2.75, 3.05) is 24.7 Å². The van der Waals surface area contributed by atoms with Crippen molar-refractivity contribution in [1.82, 2.24) is 15.2 Å². The first-order chi connectivity index (χ1) is 19.1. The van der Waals surface area contributed by atoms with Gasteiger partial charge in [-0.1, -0.05) is 46.8 Å². The molecule has 0 spiro atoms. The second-order valence-corrected chi connectivity index (χ2v) is 9.98. The van der Waals surface area contributed by atoms with Gasteiger partial charge in [-0.2, -0.15) is 0 Å². The lowest BCUT2D eigenvalue weighted by atomic mass is 9.83. The van der Waals surface area contributed by atoms with Crippen LogP contribution in [0.25, 0.3) is 11.0 Å². The Hall–Kier alpha value is -3.95. The van der Waals surface area contributed by atoms with Crippen LogP contribution in [0.3, 0.4) is 0 Å². The van der Waals surface area contributed by atoms with E-state index < -0.39 is 12.1 Å². The van der Waals surface area contributed by atoms with E-state index in [0.29, 0.717) is 40.9 Å². The largest absolute Gasteiger partial charge is 0.449 e. The van der Waals surface area contributed by atoms with Crippen LogP contribution in [0.4, 0.5) is 16.2 Å². The van der Waals surface area contributed by atoms with E-state index in [0.717, 1.165) is 36.2 Å². The van der Waals surface area contributed by atoms with Crippen molar-refractivity contribution in [2.45, 2.75) is 25.7 Å². The molecule has 1 aliphatic rings. The van der Waals surface area contributed by atoms with Crippen molar-refractivity contribution in [3.05, 3.63) is 83.9 Å². The van der Waals surface area contributed by atoms with Gasteiger partial charge in [0.15, 0.2) is 0 Å². The Kier molecular flexibility index (Phi) is 8.70. The SMILES string of the molecule is O=C(COCC1CCC(COC(=O)N(c2ccccc2)c2ccc(Cl)cc2)CC1)On1nnc2ccccc21. The number of carbonyl (C=O) groups excluding carboxylic acids is 2. The Bertz CT molecular complexity index is 1390. The van der Waals surface area contributed by atoms with Crippen LogP contribution in [0, 0.1) is 11.8 Å². The molecule has 0 radical (unpaired) electrons. The standard InChI is InChI=1S/C29H29ClN4O5/c30-23-14-16-25(17-15-23)33(24-6-2-1-3-7-24)29(36)38-19-22-12-10-21(11-13-22)18-37-20-28(35)39-34-27-9-5-4-8-26(27)31-32-34/h1-9,14-17,21-22H,10-13,18-20H2. The number of para-hydroxylation sites is 2. The van der Waals surface area contributed by atoms with Crippen molar-refractivity contribution < 1.29 is 23.9 Å². The van der Waals surface area contributed by atoms with Crippen molar-refractivity contribution in [1.29, 1.82) is 0 Å². The number of anilines is 2. The van der Waals surface area contributed by atoms with Gasteiger partial charge in [-0.25, -0.2) is 14.5 Å². The van der Waals surface area contributed by atoms with E-state index in [4.69, 9.17) is 25.9 Å². The Morgan fingerprint density at radius 3 is 2.23 bits per heavy atom. The van der Waals surface area contributed by atoms with Crippen LogP contribution in [0.15, 0.2) is 78.9 Å². The minimum absolute atomic E-state index is 0.161. The number of ether oxygens (including phenoxy) is 2. The van der Waals surface area contributed by atoms with E-state index in [9.17, 15) is 9.59 Å². The van der Waals surface area contributed by atoms with E-state index in [-0.39, 0.29) is 12.5 Å². The summed E-state index contributed by atoms with van der Waals surface area (Å²) in [5.74, 6) is 0.0837. The van der Waals surface area contributed by atoms with Crippen molar-refractivity contribution in [3.63, 3.8) is 0 Å². The lowest BCUT2D eigenvalue weighted by molar-refractivity contribution is -0.151. The molecule has 0 atom stereocenters. The summed E-state index contributed by atoms with van der Waals surface area (Å²) in [6.45, 7) is 0.658. The monoisotopic (exact) mass is 548 g/mol. The molecule has 3 aromatic carbocycles. The Labute approximate surface area is 231 Å². The molecule has 1 saturated carbocycles. The molecular weight excluding hydrogens is 520 g/mol. The van der Waals surface area contributed by atoms with Gasteiger partial charge in [0.1, 0.15) is 17.6 Å². The van der Waals surface area contributed by atoms with Crippen LogP contribution in [0.2, 0.25) is 5.02 Å². The lowest BCUT2D eigenvalue weighted by Crippen LogP contribution is -2.30. The van der Waals surface area contributed by atoms with Gasteiger partial charge >= 0.3 is 12.1 Å². The van der Waals surface area contributed by atoms with Crippen molar-refractivity contribution in [2.24, 2.45) is 11.8 Å². The number of hydrogen-bond acceptors (Lipinski definition) is 7. The molecule has 9 nitrogen and oxygen atoms in total. The second-order valence-electron chi connectivity index (χ2n) is 9.54. The molecule has 0 bridgehead atoms. The van der Waals surface area contributed by atoms with E-state index in [1.54, 1.807) is 41.3 Å². The van der Waals surface area contributed by atoms with Gasteiger partial charge in [-0.3, -0.25) is 0 Å². The molecule has 202 valence electrons. The van der Waals surface area contributed by atoms with Crippen LogP contribution < -0.4 is 9.74 Å². The second kappa shape index (κ2) is 12.7. The van der Waals surface area contributed by atoms with Crippen LogP contribution >= 0.6 is 11.6 Å². The minimum Gasteiger partial charge on any atom is -0.449 e. The molecule has 5 rings (SSSR count). The van der Waals surface area contributed by atoms with Crippen LogP contribution in [0.1, 0.15) is 25.7 Å². The summed E-state index contributed by atoms with van der Waals surface area (Å²) >= 11 is 6.04. The molecule has 4 aromatic rings. The normalized spacial score (nSPS) is 17.1. The average Bonchev–Trinajstić information content (AvgIpc) is 3.37. The molecule has 1 aromatic heterocycles. The highest BCUT2D eigenvalue weighted by molar-refractivity contribution is 6.30. The zero-order valence-corrected chi connectivity index (χ0v) is 22.1. The van der Waals surface area contributed by atoms with Crippen LogP contribution in [-0.2, 0) is 14.3 Å².